The van der Waals surface area contributed by atoms with E-state index in [1.807, 2.05) is 35.2 Å². The standard InChI is InChI=1S/C19H22N4O2S/c20-16-18-9-4-10-21-19(18)22-11-13-23(14-12-22)26(24,25)15-5-8-17-6-2-1-3-7-17/h1-4,6-7,9-10H,5,8,11-15H2. The van der Waals surface area contributed by atoms with Gasteiger partial charge in [0.25, 0.3) is 0 Å². The number of sulfonamides is 1. The van der Waals surface area contributed by atoms with Crippen LogP contribution in [0, 0.1) is 11.3 Å². The summed E-state index contributed by atoms with van der Waals surface area (Å²) in [5, 5.41) is 9.20. The third kappa shape index (κ3) is 4.40. The lowest BCUT2D eigenvalue weighted by molar-refractivity contribution is 0.383. The first-order valence-corrected chi connectivity index (χ1v) is 10.3. The second kappa shape index (κ2) is 8.30. The van der Waals surface area contributed by atoms with E-state index in [0.29, 0.717) is 44.0 Å². The highest BCUT2D eigenvalue weighted by Crippen LogP contribution is 2.19. The summed E-state index contributed by atoms with van der Waals surface area (Å²) in [4.78, 5) is 6.26. The topological polar surface area (TPSA) is 77.3 Å². The van der Waals surface area contributed by atoms with Crippen LogP contribution in [0.4, 0.5) is 5.82 Å². The molecule has 1 aliphatic rings. The molecule has 0 saturated carbocycles. The number of hydrogen-bond donors (Lipinski definition) is 0. The Hall–Kier alpha value is -2.43. The minimum atomic E-state index is -3.25. The molecule has 1 fully saturated rings. The van der Waals surface area contributed by atoms with Gasteiger partial charge in [-0.1, -0.05) is 30.3 Å². The van der Waals surface area contributed by atoms with E-state index in [0.717, 1.165) is 12.0 Å². The van der Waals surface area contributed by atoms with Gasteiger partial charge in [0.1, 0.15) is 11.9 Å². The van der Waals surface area contributed by atoms with Crippen molar-refractivity contribution in [2.75, 3.05) is 36.8 Å². The molecule has 1 aliphatic heterocycles. The number of nitriles is 1. The van der Waals surface area contributed by atoms with Crippen molar-refractivity contribution in [1.29, 1.82) is 5.26 Å². The molecule has 0 N–H and O–H groups in total. The van der Waals surface area contributed by atoms with Crippen LogP contribution in [-0.4, -0.2) is 49.6 Å². The Bertz CT molecular complexity index is 870. The van der Waals surface area contributed by atoms with Crippen LogP contribution in [0.2, 0.25) is 0 Å². The van der Waals surface area contributed by atoms with Gasteiger partial charge in [0, 0.05) is 32.4 Å². The highest BCUT2D eigenvalue weighted by molar-refractivity contribution is 7.89. The number of pyridine rings is 1. The van der Waals surface area contributed by atoms with Gasteiger partial charge in [-0.05, 0) is 30.5 Å². The third-order valence-corrected chi connectivity index (χ3v) is 6.51. The summed E-state index contributed by atoms with van der Waals surface area (Å²) in [7, 11) is -3.25. The monoisotopic (exact) mass is 370 g/mol. The average molecular weight is 370 g/mol. The summed E-state index contributed by atoms with van der Waals surface area (Å²) in [5.74, 6) is 0.797. The van der Waals surface area contributed by atoms with Crippen LogP contribution in [0.15, 0.2) is 48.7 Å². The zero-order valence-corrected chi connectivity index (χ0v) is 15.4. The van der Waals surface area contributed by atoms with E-state index in [1.54, 1.807) is 22.6 Å². The highest BCUT2D eigenvalue weighted by atomic mass is 32.2. The van der Waals surface area contributed by atoms with Gasteiger partial charge >= 0.3 is 0 Å². The first kappa shape index (κ1) is 18.4. The Morgan fingerprint density at radius 3 is 2.46 bits per heavy atom. The number of rotatable bonds is 6. The lowest BCUT2D eigenvalue weighted by Gasteiger charge is -2.35. The molecule has 0 unspecified atom stereocenters. The van der Waals surface area contributed by atoms with Crippen LogP contribution >= 0.6 is 0 Å². The average Bonchev–Trinajstić information content (AvgIpc) is 2.69. The van der Waals surface area contributed by atoms with Crippen molar-refractivity contribution in [2.24, 2.45) is 0 Å². The Kier molecular flexibility index (Phi) is 5.86. The van der Waals surface area contributed by atoms with Gasteiger partial charge in [-0.15, -0.1) is 0 Å². The molecule has 26 heavy (non-hydrogen) atoms. The fourth-order valence-corrected chi connectivity index (χ4v) is 4.63. The van der Waals surface area contributed by atoms with Gasteiger partial charge < -0.3 is 4.90 Å². The Labute approximate surface area is 154 Å². The van der Waals surface area contributed by atoms with Gasteiger partial charge in [0.05, 0.1) is 11.3 Å². The molecule has 1 saturated heterocycles. The maximum Gasteiger partial charge on any atom is 0.214 e. The van der Waals surface area contributed by atoms with Crippen molar-refractivity contribution in [2.45, 2.75) is 12.8 Å². The fraction of sp³-hybridized carbons (Fsp3) is 0.368. The number of nitrogens with zero attached hydrogens (tertiary/aromatic N) is 4. The van der Waals surface area contributed by atoms with Crippen molar-refractivity contribution in [3.8, 4) is 6.07 Å². The van der Waals surface area contributed by atoms with Crippen LogP contribution in [0.25, 0.3) is 0 Å². The van der Waals surface area contributed by atoms with E-state index in [4.69, 9.17) is 0 Å². The van der Waals surface area contributed by atoms with Gasteiger partial charge in [-0.25, -0.2) is 13.4 Å². The van der Waals surface area contributed by atoms with Crippen LogP contribution in [0.1, 0.15) is 17.5 Å². The lowest BCUT2D eigenvalue weighted by atomic mass is 10.1. The summed E-state index contributed by atoms with van der Waals surface area (Å²) < 4.78 is 26.7. The van der Waals surface area contributed by atoms with E-state index in [-0.39, 0.29) is 5.75 Å². The molecule has 2 heterocycles. The van der Waals surface area contributed by atoms with Crippen molar-refractivity contribution in [1.82, 2.24) is 9.29 Å². The summed E-state index contributed by atoms with van der Waals surface area (Å²) in [6, 6.07) is 15.5. The summed E-state index contributed by atoms with van der Waals surface area (Å²) in [6.07, 6.45) is 3.04. The van der Waals surface area contributed by atoms with Gasteiger partial charge in [0.2, 0.25) is 10.0 Å². The van der Waals surface area contributed by atoms with E-state index in [1.165, 1.54) is 0 Å². The predicted molar refractivity (Wildman–Crippen MR) is 101 cm³/mol. The molecule has 1 aromatic heterocycles. The Morgan fingerprint density at radius 1 is 1.04 bits per heavy atom. The Balaban J connectivity index is 1.54. The molecule has 6 nitrogen and oxygen atoms in total. The molecule has 0 spiro atoms. The third-order valence-electron chi connectivity index (χ3n) is 4.55. The van der Waals surface area contributed by atoms with Crippen LogP contribution < -0.4 is 4.90 Å². The van der Waals surface area contributed by atoms with Gasteiger partial charge in [0.15, 0.2) is 0 Å². The maximum atomic E-state index is 12.6. The summed E-state index contributed by atoms with van der Waals surface area (Å²) >= 11 is 0. The van der Waals surface area contributed by atoms with E-state index in [2.05, 4.69) is 11.1 Å². The Morgan fingerprint density at radius 2 is 1.77 bits per heavy atom. The number of benzene rings is 1. The number of aryl methyl sites for hydroxylation is 1. The second-order valence-electron chi connectivity index (χ2n) is 6.28. The molecule has 2 aromatic rings. The van der Waals surface area contributed by atoms with Crippen molar-refractivity contribution in [3.63, 3.8) is 0 Å². The first-order valence-electron chi connectivity index (χ1n) is 8.72. The van der Waals surface area contributed by atoms with Crippen molar-refractivity contribution in [3.05, 3.63) is 59.8 Å². The van der Waals surface area contributed by atoms with Crippen LogP contribution in [0.5, 0.6) is 0 Å². The molecule has 0 bridgehead atoms. The minimum absolute atomic E-state index is 0.162. The quantitative estimate of drug-likeness (QED) is 0.778. The second-order valence-corrected chi connectivity index (χ2v) is 8.37. The summed E-state index contributed by atoms with van der Waals surface area (Å²) in [5.41, 5.74) is 1.68. The SMILES string of the molecule is N#Cc1cccnc1N1CCN(S(=O)(=O)CCCc2ccccc2)CC1. The number of aromatic nitrogens is 1. The van der Waals surface area contributed by atoms with Crippen LogP contribution in [-0.2, 0) is 16.4 Å². The molecule has 136 valence electrons. The molecule has 0 aliphatic carbocycles. The predicted octanol–water partition coefficient (Wildman–Crippen LogP) is 2.04. The van der Waals surface area contributed by atoms with Gasteiger partial charge in [-0.3, -0.25) is 0 Å². The molecule has 0 radical (unpaired) electrons. The molecular formula is C19H22N4O2S. The molecule has 0 atom stereocenters. The van der Waals surface area contributed by atoms with Crippen LogP contribution in [0.3, 0.4) is 0 Å². The van der Waals surface area contributed by atoms with Crippen molar-refractivity contribution >= 4 is 15.8 Å². The zero-order chi connectivity index (χ0) is 18.4. The molecule has 1 aromatic carbocycles. The largest absolute Gasteiger partial charge is 0.353 e. The number of anilines is 1. The molecular weight excluding hydrogens is 348 g/mol. The molecule has 0 amide bonds. The van der Waals surface area contributed by atoms with Gasteiger partial charge in [-0.2, -0.15) is 9.57 Å². The lowest BCUT2D eigenvalue weighted by Crippen LogP contribution is -2.49. The fourth-order valence-electron chi connectivity index (χ4n) is 3.15. The van der Waals surface area contributed by atoms with E-state index < -0.39 is 10.0 Å². The zero-order valence-electron chi connectivity index (χ0n) is 14.6. The molecule has 7 heteroatoms. The van der Waals surface area contributed by atoms with Crippen molar-refractivity contribution < 1.29 is 8.42 Å². The first-order chi connectivity index (χ1) is 12.6. The van der Waals surface area contributed by atoms with E-state index >= 15 is 0 Å². The minimum Gasteiger partial charge on any atom is -0.353 e. The number of piperazine rings is 1. The summed E-state index contributed by atoms with van der Waals surface area (Å²) in [6.45, 7) is 1.94. The molecule has 3 rings (SSSR count). The smallest absolute Gasteiger partial charge is 0.214 e. The number of hydrogen-bond acceptors (Lipinski definition) is 5. The maximum absolute atomic E-state index is 12.6. The van der Waals surface area contributed by atoms with E-state index in [9.17, 15) is 13.7 Å². The highest BCUT2D eigenvalue weighted by Gasteiger charge is 2.27. The normalized spacial score (nSPS) is 15.6.